The molecular formula is C64H98N2O4. The number of carbonyl (C=O) groups is 1. The molecule has 4 rings (SSSR count). The van der Waals surface area contributed by atoms with Crippen LogP contribution in [0.5, 0.6) is 23.0 Å². The molecule has 0 spiro atoms. The second kappa shape index (κ2) is 46.7. The van der Waals surface area contributed by atoms with E-state index in [0.717, 1.165) is 35.7 Å². The third kappa shape index (κ3) is 36.3. The van der Waals surface area contributed by atoms with Crippen molar-refractivity contribution in [3.63, 3.8) is 0 Å². The summed E-state index contributed by atoms with van der Waals surface area (Å²) in [6, 6.07) is 34.7. The Morgan fingerprint density at radius 1 is 0.414 bits per heavy atom. The topological polar surface area (TPSA) is 91.0 Å². The van der Waals surface area contributed by atoms with Crippen LogP contribution in [0.15, 0.2) is 114 Å². The minimum absolute atomic E-state index is 0.315. The number of benzene rings is 4. The highest BCUT2D eigenvalue weighted by Crippen LogP contribution is 2.27. The highest BCUT2D eigenvalue weighted by atomic mass is 16.5. The minimum atomic E-state index is 0.315. The Bertz CT molecular complexity index is 1810. The number of nitrogens with two attached hydrogens (primary N) is 1. The van der Waals surface area contributed by atoms with Crippen LogP contribution in [0.25, 0.3) is 0 Å². The van der Waals surface area contributed by atoms with Crippen molar-refractivity contribution >= 4 is 17.6 Å². The summed E-state index contributed by atoms with van der Waals surface area (Å²) in [7, 11) is 0. The smallest absolute Gasteiger partial charge is 0.234 e. The molecule has 2 N–H and O–H groups in total. The number of para-hydroxylation sites is 5. The van der Waals surface area contributed by atoms with Gasteiger partial charge in [0.1, 0.15) is 28.8 Å². The van der Waals surface area contributed by atoms with Crippen molar-refractivity contribution in [2.45, 2.75) is 239 Å². The number of isocyanates is 1. The lowest BCUT2D eigenvalue weighted by Gasteiger charge is -2.10. The van der Waals surface area contributed by atoms with Crippen LogP contribution in [0.2, 0.25) is 0 Å². The summed E-state index contributed by atoms with van der Waals surface area (Å²) >= 11 is 0. The molecule has 0 saturated carbocycles. The normalized spacial score (nSPS) is 10.6. The van der Waals surface area contributed by atoms with Gasteiger partial charge in [-0.05, 0) is 55.3 Å². The van der Waals surface area contributed by atoms with E-state index < -0.39 is 0 Å². The minimum Gasteiger partial charge on any atom is -0.457 e. The van der Waals surface area contributed by atoms with E-state index in [-0.39, 0.29) is 0 Å². The molecule has 4 aromatic rings. The Hall–Kier alpha value is -4.67. The lowest BCUT2D eigenvalue weighted by atomic mass is 10.0. The number of ketones is 1. The van der Waals surface area contributed by atoms with Crippen LogP contribution in [-0.2, 0) is 16.0 Å². The largest absolute Gasteiger partial charge is 0.457 e. The molecule has 4 aromatic carbocycles. The predicted octanol–water partition coefficient (Wildman–Crippen LogP) is 20.3. The number of ether oxygens (including phenoxy) is 2. The number of Topliss-reactive ketones (excluding diaryl/α,β-unsaturated/α-hetero) is 1. The van der Waals surface area contributed by atoms with Gasteiger partial charge in [-0.25, -0.2) is 9.79 Å². The van der Waals surface area contributed by atoms with Crippen LogP contribution >= 0.6 is 0 Å². The van der Waals surface area contributed by atoms with Crippen molar-refractivity contribution in [2.24, 2.45) is 4.99 Å². The maximum absolute atomic E-state index is 12.5. The molecule has 0 unspecified atom stereocenters. The maximum Gasteiger partial charge on any atom is 0.234 e. The first-order valence-electron chi connectivity index (χ1n) is 28.5. The molecule has 0 aliphatic heterocycles. The zero-order chi connectivity index (χ0) is 50.1. The summed E-state index contributed by atoms with van der Waals surface area (Å²) in [5.74, 6) is 3.40. The number of hydrogen-bond acceptors (Lipinski definition) is 6. The molecule has 0 bridgehead atoms. The van der Waals surface area contributed by atoms with E-state index in [2.05, 4.69) is 18.8 Å². The molecule has 0 radical (unpaired) electrons. The average molecular weight is 959 g/mol. The molecular weight excluding hydrogens is 861 g/mol. The first-order chi connectivity index (χ1) is 34.6. The SMILES string of the molecule is CCCCCCCCCCCCCCCCCCCC(=O)Cc1ccccc1Oc1ccccc1.CCCCCCCCCCCCCCCCCCN=C=O.Nc1ccccc1Oc1ccccc1. The number of nitrogens with zero attached hydrogens (tertiary/aromatic N) is 1. The van der Waals surface area contributed by atoms with Gasteiger partial charge in [-0.15, -0.1) is 0 Å². The van der Waals surface area contributed by atoms with E-state index >= 15 is 0 Å². The van der Waals surface area contributed by atoms with Crippen molar-refractivity contribution in [1.29, 1.82) is 0 Å². The van der Waals surface area contributed by atoms with Crippen molar-refractivity contribution in [3.8, 4) is 23.0 Å². The summed E-state index contributed by atoms with van der Waals surface area (Å²) in [5.41, 5.74) is 7.37. The zero-order valence-electron chi connectivity index (χ0n) is 44.5. The third-order valence-corrected chi connectivity index (χ3v) is 13.0. The maximum atomic E-state index is 12.5. The molecule has 0 fully saturated rings. The van der Waals surface area contributed by atoms with Gasteiger partial charge < -0.3 is 15.2 Å². The molecule has 6 heteroatoms. The Morgan fingerprint density at radius 2 is 0.743 bits per heavy atom. The number of unbranched alkanes of at least 4 members (excludes halogenated alkanes) is 31. The monoisotopic (exact) mass is 959 g/mol. The van der Waals surface area contributed by atoms with Crippen LogP contribution in [0.4, 0.5) is 5.69 Å². The van der Waals surface area contributed by atoms with Crippen LogP contribution in [0.3, 0.4) is 0 Å². The number of rotatable bonds is 41. The summed E-state index contributed by atoms with van der Waals surface area (Å²) in [5, 5.41) is 0. The first kappa shape index (κ1) is 61.4. The molecule has 0 aliphatic carbocycles. The van der Waals surface area contributed by atoms with Gasteiger partial charge in [0.25, 0.3) is 0 Å². The van der Waals surface area contributed by atoms with E-state index in [1.54, 1.807) is 6.08 Å². The van der Waals surface area contributed by atoms with Gasteiger partial charge in [-0.1, -0.05) is 280 Å². The fourth-order valence-electron chi connectivity index (χ4n) is 8.69. The van der Waals surface area contributed by atoms with Gasteiger partial charge in [0.15, 0.2) is 0 Å². The number of nitrogen functional groups attached to an aromatic ring is 1. The van der Waals surface area contributed by atoms with Crippen LogP contribution in [-0.4, -0.2) is 18.4 Å². The molecule has 388 valence electrons. The second-order valence-corrected chi connectivity index (χ2v) is 19.4. The molecule has 0 atom stereocenters. The number of hydrogen-bond donors (Lipinski definition) is 1. The third-order valence-electron chi connectivity index (χ3n) is 13.0. The van der Waals surface area contributed by atoms with Crippen molar-refractivity contribution in [1.82, 2.24) is 0 Å². The van der Waals surface area contributed by atoms with Crippen LogP contribution in [0, 0.1) is 0 Å². The predicted molar refractivity (Wildman–Crippen MR) is 300 cm³/mol. The van der Waals surface area contributed by atoms with Gasteiger partial charge in [-0.2, -0.15) is 0 Å². The zero-order valence-corrected chi connectivity index (χ0v) is 44.5. The van der Waals surface area contributed by atoms with Crippen molar-refractivity contribution in [2.75, 3.05) is 12.3 Å². The second-order valence-electron chi connectivity index (χ2n) is 19.4. The Morgan fingerprint density at radius 3 is 1.14 bits per heavy atom. The fraction of sp³-hybridized carbons (Fsp3) is 0.594. The molecule has 70 heavy (non-hydrogen) atoms. The first-order valence-corrected chi connectivity index (χ1v) is 28.5. The number of anilines is 1. The average Bonchev–Trinajstić information content (AvgIpc) is 3.38. The lowest BCUT2D eigenvalue weighted by molar-refractivity contribution is -0.118. The molecule has 0 saturated heterocycles. The molecule has 0 heterocycles. The number of aliphatic imine (C=N–C) groups is 1. The van der Waals surface area contributed by atoms with Crippen molar-refractivity contribution < 1.29 is 19.1 Å². The molecule has 0 aliphatic rings. The standard InChI is InChI=1S/C33H50O2.C19H37NO.C12H11NO/c1-2-3-4-5-6-7-8-9-10-11-12-13-14-15-16-17-19-25-31(34)29-30-24-22-23-28-33(30)35-32-26-20-18-21-27-32;1-2-3-4-5-6-7-8-9-10-11-12-13-14-15-16-17-18-20-19-21;13-11-8-4-5-9-12(11)14-10-6-2-1-3-7-10/h18,20-24,26-28H,2-17,19,25,29H2,1H3;2-18H2,1H3;1-9H,13H2. The summed E-state index contributed by atoms with van der Waals surface area (Å²) in [6.07, 6.45) is 47.9. The van der Waals surface area contributed by atoms with Gasteiger partial charge in [0.05, 0.1) is 12.2 Å². The molecule has 0 aromatic heterocycles. The lowest BCUT2D eigenvalue weighted by Crippen LogP contribution is -2.04. The summed E-state index contributed by atoms with van der Waals surface area (Å²) < 4.78 is 11.6. The summed E-state index contributed by atoms with van der Waals surface area (Å²) in [4.78, 5) is 26.0. The van der Waals surface area contributed by atoms with E-state index in [4.69, 9.17) is 15.2 Å². The van der Waals surface area contributed by atoms with Gasteiger partial charge in [-0.3, -0.25) is 4.79 Å². The van der Waals surface area contributed by atoms with E-state index in [0.29, 0.717) is 36.6 Å². The Balaban J connectivity index is 0.000000403. The fourth-order valence-corrected chi connectivity index (χ4v) is 8.69. The Labute approximate surface area is 428 Å². The van der Waals surface area contributed by atoms with E-state index in [9.17, 15) is 9.59 Å². The summed E-state index contributed by atoms with van der Waals surface area (Å²) in [6.45, 7) is 5.24. The number of carbonyl (C=O) groups excluding carboxylic acids is 2. The van der Waals surface area contributed by atoms with Crippen molar-refractivity contribution in [3.05, 3.63) is 115 Å². The quantitative estimate of drug-likeness (QED) is 0.0207. The van der Waals surface area contributed by atoms with Gasteiger partial charge >= 0.3 is 0 Å². The Kier molecular flexibility index (Phi) is 41.0. The van der Waals surface area contributed by atoms with Gasteiger partial charge in [0.2, 0.25) is 6.08 Å². The van der Waals surface area contributed by atoms with E-state index in [1.165, 1.54) is 199 Å². The van der Waals surface area contributed by atoms with Crippen LogP contribution < -0.4 is 15.2 Å². The van der Waals surface area contributed by atoms with E-state index in [1.807, 2.05) is 109 Å². The van der Waals surface area contributed by atoms with Crippen LogP contribution in [0.1, 0.15) is 238 Å². The highest BCUT2D eigenvalue weighted by Gasteiger charge is 2.10. The molecule has 6 nitrogen and oxygen atoms in total. The van der Waals surface area contributed by atoms with Gasteiger partial charge in [0, 0.05) is 18.4 Å². The molecule has 0 amide bonds. The highest BCUT2D eigenvalue weighted by molar-refractivity contribution is 5.81.